The van der Waals surface area contributed by atoms with E-state index in [9.17, 15) is 19.2 Å². The number of carbonyl (C=O) groups is 3. The predicted octanol–water partition coefficient (Wildman–Crippen LogP) is 2.65. The van der Waals surface area contributed by atoms with Crippen LogP contribution in [0.3, 0.4) is 0 Å². The molecule has 0 spiro atoms. The Hall–Kier alpha value is -4.14. The van der Waals surface area contributed by atoms with Crippen molar-refractivity contribution >= 4 is 17.8 Å². The molecule has 176 valence electrons. The summed E-state index contributed by atoms with van der Waals surface area (Å²) in [6.07, 6.45) is 0. The van der Waals surface area contributed by atoms with Gasteiger partial charge in [0, 0.05) is 11.1 Å². The lowest BCUT2D eigenvalue weighted by atomic mass is 10.0. The summed E-state index contributed by atoms with van der Waals surface area (Å²) in [6, 6.07) is 15.7. The van der Waals surface area contributed by atoms with Gasteiger partial charge in [0.05, 0.1) is 25.5 Å². The number of ether oxygens (including phenoxy) is 2. The number of oxazole rings is 1. The lowest BCUT2D eigenvalue weighted by Gasteiger charge is -2.41. The zero-order valence-corrected chi connectivity index (χ0v) is 18.8. The molecule has 9 heteroatoms. The van der Waals surface area contributed by atoms with Gasteiger partial charge >= 0.3 is 17.7 Å². The van der Waals surface area contributed by atoms with E-state index >= 15 is 0 Å². The molecule has 3 aromatic rings. The summed E-state index contributed by atoms with van der Waals surface area (Å²) < 4.78 is 16.8. The maximum Gasteiger partial charge on any atom is 0.420 e. The van der Waals surface area contributed by atoms with E-state index in [1.54, 1.807) is 13.8 Å². The topological polar surface area (TPSA) is 108 Å². The third kappa shape index (κ3) is 4.12. The monoisotopic (exact) mass is 464 g/mol. The summed E-state index contributed by atoms with van der Waals surface area (Å²) in [5.41, 5.74) is 1.81. The van der Waals surface area contributed by atoms with Gasteiger partial charge in [-0.25, -0.2) is 14.4 Å². The van der Waals surface area contributed by atoms with Crippen LogP contribution in [0.5, 0.6) is 0 Å². The van der Waals surface area contributed by atoms with Crippen molar-refractivity contribution < 1.29 is 28.3 Å². The first-order chi connectivity index (χ1) is 16.5. The van der Waals surface area contributed by atoms with E-state index in [2.05, 4.69) is 0 Å². The number of nitrogens with zero attached hydrogens (tertiary/aromatic N) is 2. The smallest absolute Gasteiger partial charge is 0.420 e. The summed E-state index contributed by atoms with van der Waals surface area (Å²) in [5, 5.41) is 0. The third-order valence-corrected chi connectivity index (χ3v) is 5.51. The van der Waals surface area contributed by atoms with Crippen LogP contribution in [0.2, 0.25) is 0 Å². The Morgan fingerprint density at radius 1 is 0.912 bits per heavy atom. The molecule has 1 aliphatic rings. The first kappa shape index (κ1) is 23.0. The van der Waals surface area contributed by atoms with Crippen LogP contribution < -0.4 is 5.76 Å². The molecule has 0 radical (unpaired) electrons. The van der Waals surface area contributed by atoms with Crippen molar-refractivity contribution in [3.05, 3.63) is 71.2 Å². The number of hydrogen-bond acceptors (Lipinski definition) is 7. The Bertz CT molecular complexity index is 1230. The highest BCUT2D eigenvalue weighted by Gasteiger charge is 2.50. The first-order valence-electron chi connectivity index (χ1n) is 11.0. The number of β-lactam (4-membered cyclic amide) rings is 1. The lowest BCUT2D eigenvalue weighted by molar-refractivity contribution is -0.175. The maximum atomic E-state index is 13.2. The molecule has 2 aromatic carbocycles. The van der Waals surface area contributed by atoms with Crippen LogP contribution >= 0.6 is 0 Å². The van der Waals surface area contributed by atoms with Crippen LogP contribution in [0.1, 0.15) is 19.9 Å². The molecule has 34 heavy (non-hydrogen) atoms. The number of amides is 1. The molecule has 9 nitrogen and oxygen atoms in total. The fraction of sp³-hybridized carbons (Fsp3) is 0.280. The molecule has 1 amide bonds. The SMILES string of the molecule is CCOC(=O)C(C(=O)OCC)N1CC(n2c(-c3ccccc3)c(-c3ccccc3)oc2=O)C1=O. The summed E-state index contributed by atoms with van der Waals surface area (Å²) in [6.45, 7) is 3.22. The molecule has 0 N–H and O–H groups in total. The van der Waals surface area contributed by atoms with E-state index in [0.29, 0.717) is 22.6 Å². The van der Waals surface area contributed by atoms with Crippen LogP contribution in [-0.2, 0) is 23.9 Å². The van der Waals surface area contributed by atoms with E-state index in [-0.39, 0.29) is 19.8 Å². The number of likely N-dealkylation sites (tertiary alicyclic amines) is 1. The Morgan fingerprint density at radius 2 is 1.44 bits per heavy atom. The molecule has 0 aliphatic carbocycles. The van der Waals surface area contributed by atoms with Crippen molar-refractivity contribution in [3.63, 3.8) is 0 Å². The second-order valence-corrected chi connectivity index (χ2v) is 7.56. The molecule has 1 aliphatic heterocycles. The van der Waals surface area contributed by atoms with Crippen molar-refractivity contribution in [3.8, 4) is 22.6 Å². The van der Waals surface area contributed by atoms with Crippen molar-refractivity contribution in [1.82, 2.24) is 9.47 Å². The number of rotatable bonds is 8. The average molecular weight is 464 g/mol. The minimum absolute atomic E-state index is 0.0416. The Kier molecular flexibility index (Phi) is 6.62. The van der Waals surface area contributed by atoms with Gasteiger partial charge < -0.3 is 18.8 Å². The molecule has 4 rings (SSSR count). The molecule has 0 bridgehead atoms. The van der Waals surface area contributed by atoms with Crippen LogP contribution in [0.25, 0.3) is 22.6 Å². The highest BCUT2D eigenvalue weighted by atomic mass is 16.6. The Balaban J connectivity index is 1.74. The van der Waals surface area contributed by atoms with Crippen molar-refractivity contribution in [2.24, 2.45) is 0 Å². The lowest BCUT2D eigenvalue weighted by Crippen LogP contribution is -2.63. The fourth-order valence-electron chi connectivity index (χ4n) is 3.97. The number of aromatic nitrogens is 1. The summed E-state index contributed by atoms with van der Waals surface area (Å²) in [4.78, 5) is 52.1. The summed E-state index contributed by atoms with van der Waals surface area (Å²) in [5.74, 6) is -2.71. The standard InChI is InChI=1S/C25H24N2O7/c1-3-32-23(29)20(24(30)33-4-2)26-15-18(22(26)28)27-19(16-11-7-5-8-12-16)21(34-25(27)31)17-13-9-6-10-14-17/h5-14,18,20H,3-4,15H2,1-2H3. The van der Waals surface area contributed by atoms with Gasteiger partial charge in [0.2, 0.25) is 11.9 Å². The van der Waals surface area contributed by atoms with Gasteiger partial charge in [-0.1, -0.05) is 60.7 Å². The largest absolute Gasteiger partial charge is 0.464 e. The first-order valence-corrected chi connectivity index (χ1v) is 11.0. The van der Waals surface area contributed by atoms with E-state index in [1.165, 1.54) is 4.57 Å². The van der Waals surface area contributed by atoms with Gasteiger partial charge in [0.1, 0.15) is 6.04 Å². The molecule has 2 heterocycles. The highest BCUT2D eigenvalue weighted by molar-refractivity contribution is 6.04. The van der Waals surface area contributed by atoms with Gasteiger partial charge in [-0.3, -0.25) is 9.36 Å². The predicted molar refractivity (Wildman–Crippen MR) is 122 cm³/mol. The number of carbonyl (C=O) groups excluding carboxylic acids is 3. The molecule has 1 aromatic heterocycles. The van der Waals surface area contributed by atoms with Crippen molar-refractivity contribution in [2.75, 3.05) is 19.8 Å². The van der Waals surface area contributed by atoms with E-state index in [1.807, 2.05) is 60.7 Å². The van der Waals surface area contributed by atoms with Crippen molar-refractivity contribution in [2.45, 2.75) is 25.9 Å². The number of esters is 2. The number of hydrogen-bond donors (Lipinski definition) is 0. The molecule has 1 saturated heterocycles. The number of benzene rings is 2. The van der Waals surface area contributed by atoms with Crippen LogP contribution in [0, 0.1) is 0 Å². The summed E-state index contributed by atoms with van der Waals surface area (Å²) in [7, 11) is 0. The molecule has 1 fully saturated rings. The highest BCUT2D eigenvalue weighted by Crippen LogP contribution is 2.36. The molecular weight excluding hydrogens is 440 g/mol. The molecule has 1 atom stereocenters. The van der Waals surface area contributed by atoms with Gasteiger partial charge in [-0.15, -0.1) is 0 Å². The second-order valence-electron chi connectivity index (χ2n) is 7.56. The fourth-order valence-corrected chi connectivity index (χ4v) is 3.97. The van der Waals surface area contributed by atoms with Crippen molar-refractivity contribution in [1.29, 1.82) is 0 Å². The van der Waals surface area contributed by atoms with Crippen LogP contribution in [-0.4, -0.2) is 53.1 Å². The van der Waals surface area contributed by atoms with E-state index in [0.717, 1.165) is 4.90 Å². The van der Waals surface area contributed by atoms with Gasteiger partial charge in [-0.05, 0) is 13.8 Å². The minimum Gasteiger partial charge on any atom is -0.464 e. The van der Waals surface area contributed by atoms with Crippen LogP contribution in [0.4, 0.5) is 0 Å². The molecule has 1 unspecified atom stereocenters. The molecular formula is C25H24N2O7. The van der Waals surface area contributed by atoms with Gasteiger partial charge in [-0.2, -0.15) is 0 Å². The minimum atomic E-state index is -1.53. The third-order valence-electron chi connectivity index (χ3n) is 5.51. The zero-order valence-electron chi connectivity index (χ0n) is 18.8. The van der Waals surface area contributed by atoms with E-state index in [4.69, 9.17) is 13.9 Å². The Morgan fingerprint density at radius 3 is 1.94 bits per heavy atom. The van der Waals surface area contributed by atoms with Gasteiger partial charge in [0.15, 0.2) is 5.76 Å². The van der Waals surface area contributed by atoms with Gasteiger partial charge in [0.25, 0.3) is 0 Å². The average Bonchev–Trinajstić information content (AvgIpc) is 3.18. The maximum absolute atomic E-state index is 13.2. The van der Waals surface area contributed by atoms with E-state index < -0.39 is 35.7 Å². The molecule has 0 saturated carbocycles. The second kappa shape index (κ2) is 9.78. The normalized spacial score (nSPS) is 15.2. The summed E-state index contributed by atoms with van der Waals surface area (Å²) >= 11 is 0. The van der Waals surface area contributed by atoms with Crippen LogP contribution in [0.15, 0.2) is 69.9 Å². The zero-order chi connectivity index (χ0) is 24.2. The quantitative estimate of drug-likeness (QED) is 0.286. The Labute approximate surface area is 195 Å².